The highest BCUT2D eigenvalue weighted by Gasteiger charge is 2.17. The first-order valence-electron chi connectivity index (χ1n) is 5.38. The number of carbonyl (C=O) groups is 4. The van der Waals surface area contributed by atoms with Crippen molar-refractivity contribution in [2.45, 2.75) is 27.2 Å². The Morgan fingerprint density at radius 2 is 1.50 bits per heavy atom. The molecule has 5 nitrogen and oxygen atoms in total. The second-order valence-corrected chi connectivity index (χ2v) is 3.44. The van der Waals surface area contributed by atoms with Crippen molar-refractivity contribution >= 4 is 23.4 Å². The first-order chi connectivity index (χ1) is 8.26. The van der Waals surface area contributed by atoms with Gasteiger partial charge in [-0.25, -0.2) is 0 Å². The molecule has 0 spiro atoms. The molecule has 0 aromatic rings. The molecule has 0 aliphatic carbocycles. The Balaban J connectivity index is 0. The third-order valence-corrected chi connectivity index (χ3v) is 1.81. The number of rotatable bonds is 2. The number of imide groups is 1. The van der Waals surface area contributed by atoms with Crippen LogP contribution in [0.5, 0.6) is 0 Å². The van der Waals surface area contributed by atoms with Crippen LogP contribution >= 0.6 is 0 Å². The standard InChI is InChI=1S/C5H5NO2.C4H8O.C4H6O/c1-6-4(7)2-3-5(6)8;2*1-3-4(2)5/h2-3H,1H3;3H2,1-2H3;3H,1H2,2H3. The van der Waals surface area contributed by atoms with Gasteiger partial charge in [-0.1, -0.05) is 13.5 Å². The van der Waals surface area contributed by atoms with Crippen molar-refractivity contribution in [1.29, 1.82) is 0 Å². The Hall–Kier alpha value is -2.04. The molecule has 0 saturated carbocycles. The van der Waals surface area contributed by atoms with Crippen LogP contribution in [0.25, 0.3) is 0 Å². The summed E-state index contributed by atoms with van der Waals surface area (Å²) >= 11 is 0. The molecule has 0 aromatic carbocycles. The Labute approximate surface area is 107 Å². The fraction of sp³-hybridized carbons (Fsp3) is 0.385. The highest BCUT2D eigenvalue weighted by Crippen LogP contribution is 1.97. The van der Waals surface area contributed by atoms with Crippen molar-refractivity contribution < 1.29 is 19.2 Å². The molecule has 1 rings (SSSR count). The van der Waals surface area contributed by atoms with Gasteiger partial charge in [0.2, 0.25) is 0 Å². The molecule has 0 atom stereocenters. The molecule has 0 aromatic heterocycles. The molecule has 100 valence electrons. The lowest BCUT2D eigenvalue weighted by Crippen LogP contribution is -2.24. The molecule has 18 heavy (non-hydrogen) atoms. The van der Waals surface area contributed by atoms with E-state index >= 15 is 0 Å². The van der Waals surface area contributed by atoms with Crippen LogP contribution in [0.15, 0.2) is 24.8 Å². The van der Waals surface area contributed by atoms with Gasteiger partial charge in [-0.3, -0.25) is 19.3 Å². The fourth-order valence-corrected chi connectivity index (χ4v) is 0.475. The maximum absolute atomic E-state index is 10.4. The third-order valence-electron chi connectivity index (χ3n) is 1.81. The molecule has 0 radical (unpaired) electrons. The summed E-state index contributed by atoms with van der Waals surface area (Å²) in [5.41, 5.74) is 0. The Morgan fingerprint density at radius 3 is 1.56 bits per heavy atom. The van der Waals surface area contributed by atoms with E-state index in [4.69, 9.17) is 0 Å². The summed E-state index contributed by atoms with van der Waals surface area (Å²) in [6.07, 6.45) is 4.45. The minimum Gasteiger partial charge on any atom is -0.300 e. The molecule has 0 saturated heterocycles. The average Bonchev–Trinajstić information content (AvgIpc) is 2.62. The largest absolute Gasteiger partial charge is 0.300 e. The zero-order valence-corrected chi connectivity index (χ0v) is 11.2. The number of carbonyl (C=O) groups excluding carboxylic acids is 4. The number of likely N-dealkylation sites (N-methyl/N-ethyl adjacent to an activating group) is 1. The number of ketones is 2. The molecule has 5 heteroatoms. The van der Waals surface area contributed by atoms with Gasteiger partial charge in [0.1, 0.15) is 5.78 Å². The van der Waals surface area contributed by atoms with E-state index in [0.717, 1.165) is 4.90 Å². The van der Waals surface area contributed by atoms with Crippen molar-refractivity contribution in [2.24, 2.45) is 0 Å². The number of hydrogen-bond acceptors (Lipinski definition) is 4. The van der Waals surface area contributed by atoms with Crippen molar-refractivity contribution in [2.75, 3.05) is 7.05 Å². The summed E-state index contributed by atoms with van der Waals surface area (Å²) in [6.45, 7) is 8.11. The van der Waals surface area contributed by atoms with Crippen LogP contribution in [0, 0.1) is 0 Å². The van der Waals surface area contributed by atoms with E-state index in [-0.39, 0.29) is 23.4 Å². The van der Waals surface area contributed by atoms with E-state index in [0.29, 0.717) is 6.42 Å². The fourth-order valence-electron chi connectivity index (χ4n) is 0.475. The van der Waals surface area contributed by atoms with Crippen molar-refractivity contribution in [1.82, 2.24) is 4.90 Å². The van der Waals surface area contributed by atoms with Gasteiger partial charge < -0.3 is 4.79 Å². The first kappa shape index (κ1) is 18.3. The maximum Gasteiger partial charge on any atom is 0.253 e. The molecule has 0 bridgehead atoms. The van der Waals surface area contributed by atoms with E-state index in [9.17, 15) is 19.2 Å². The van der Waals surface area contributed by atoms with Gasteiger partial charge in [-0.05, 0) is 19.9 Å². The molecule has 1 aliphatic heterocycles. The minimum absolute atomic E-state index is 0.0185. The van der Waals surface area contributed by atoms with E-state index in [1.807, 2.05) is 6.92 Å². The first-order valence-corrected chi connectivity index (χ1v) is 5.38. The van der Waals surface area contributed by atoms with Crippen LogP contribution in [-0.2, 0) is 19.2 Å². The van der Waals surface area contributed by atoms with Gasteiger partial charge in [0.15, 0.2) is 5.78 Å². The monoisotopic (exact) mass is 253 g/mol. The predicted octanol–water partition coefficient (Wildman–Crippen LogP) is 1.29. The molecule has 0 fully saturated rings. The van der Waals surface area contributed by atoms with Crippen molar-refractivity contribution in [3.05, 3.63) is 24.8 Å². The van der Waals surface area contributed by atoms with E-state index < -0.39 is 0 Å². The highest BCUT2D eigenvalue weighted by atomic mass is 16.2. The Morgan fingerprint density at radius 1 is 1.22 bits per heavy atom. The summed E-state index contributed by atoms with van der Waals surface area (Å²) in [5.74, 6) is -0.208. The summed E-state index contributed by atoms with van der Waals surface area (Å²) in [4.78, 5) is 41.4. The maximum atomic E-state index is 10.4. The van der Waals surface area contributed by atoms with Gasteiger partial charge in [-0.15, -0.1) is 0 Å². The summed E-state index contributed by atoms with van der Waals surface area (Å²) in [6, 6.07) is 0. The molecule has 1 aliphatic rings. The van der Waals surface area contributed by atoms with Gasteiger partial charge in [-0.2, -0.15) is 0 Å². The molecule has 2 amide bonds. The van der Waals surface area contributed by atoms with Gasteiger partial charge in [0, 0.05) is 25.6 Å². The van der Waals surface area contributed by atoms with Crippen LogP contribution in [-0.4, -0.2) is 35.3 Å². The lowest BCUT2D eigenvalue weighted by molar-refractivity contribution is -0.135. The second kappa shape index (κ2) is 10.1. The quantitative estimate of drug-likeness (QED) is 0.549. The lowest BCUT2D eigenvalue weighted by Gasteiger charge is -2.01. The number of nitrogens with zero attached hydrogens (tertiary/aromatic N) is 1. The summed E-state index contributed by atoms with van der Waals surface area (Å²) in [7, 11) is 1.45. The number of hydrogen-bond donors (Lipinski definition) is 0. The minimum atomic E-state index is -0.241. The topological polar surface area (TPSA) is 71.5 Å². The smallest absolute Gasteiger partial charge is 0.253 e. The third kappa shape index (κ3) is 10.5. The Bertz CT molecular complexity index is 351. The molecule has 0 unspecified atom stereocenters. The normalized spacial score (nSPS) is 12.1. The Kier molecular flexibility index (Phi) is 10.3. The average molecular weight is 253 g/mol. The van der Waals surface area contributed by atoms with Crippen LogP contribution in [0.2, 0.25) is 0 Å². The lowest BCUT2D eigenvalue weighted by atomic mass is 10.4. The van der Waals surface area contributed by atoms with Crippen LogP contribution in [0.1, 0.15) is 27.2 Å². The molecular formula is C13H19NO4. The van der Waals surface area contributed by atoms with Crippen molar-refractivity contribution in [3.63, 3.8) is 0 Å². The van der Waals surface area contributed by atoms with Gasteiger partial charge in [0.25, 0.3) is 11.8 Å². The van der Waals surface area contributed by atoms with Crippen LogP contribution < -0.4 is 0 Å². The molecule has 0 N–H and O–H groups in total. The number of Topliss-reactive ketones (excluding diaryl/α,β-unsaturated/α-hetero) is 1. The second-order valence-electron chi connectivity index (χ2n) is 3.44. The summed E-state index contributed by atoms with van der Waals surface area (Å²) in [5, 5.41) is 0. The number of allylic oxidation sites excluding steroid dienone is 1. The van der Waals surface area contributed by atoms with Gasteiger partial charge >= 0.3 is 0 Å². The van der Waals surface area contributed by atoms with E-state index in [1.165, 1.54) is 32.2 Å². The van der Waals surface area contributed by atoms with E-state index in [2.05, 4.69) is 6.58 Å². The number of amides is 2. The van der Waals surface area contributed by atoms with Crippen LogP contribution in [0.3, 0.4) is 0 Å². The highest BCUT2D eigenvalue weighted by molar-refractivity contribution is 6.12. The molecular weight excluding hydrogens is 234 g/mol. The predicted molar refractivity (Wildman–Crippen MR) is 68.8 cm³/mol. The molecule has 1 heterocycles. The van der Waals surface area contributed by atoms with Gasteiger partial charge in [0.05, 0.1) is 0 Å². The van der Waals surface area contributed by atoms with E-state index in [1.54, 1.807) is 6.92 Å². The zero-order chi connectivity index (χ0) is 14.7. The SMILES string of the molecule is C=CC(C)=O.CCC(C)=O.CN1C(=O)C=CC1=O. The zero-order valence-electron chi connectivity index (χ0n) is 11.2. The summed E-state index contributed by atoms with van der Waals surface area (Å²) < 4.78 is 0. The van der Waals surface area contributed by atoms with Crippen LogP contribution in [0.4, 0.5) is 0 Å². The van der Waals surface area contributed by atoms with Crippen molar-refractivity contribution in [3.8, 4) is 0 Å².